The van der Waals surface area contributed by atoms with Gasteiger partial charge in [0.2, 0.25) is 0 Å². The Bertz CT molecular complexity index is 458. The number of rotatable bonds is 2. The number of hydrogen-bond acceptors (Lipinski definition) is 2. The molecule has 3 heteroatoms. The van der Waals surface area contributed by atoms with Gasteiger partial charge < -0.3 is 4.43 Å². The average molecular weight is 245 g/mol. The topological polar surface area (TPSA) is 33.0 Å². The Kier molecular flexibility index (Phi) is 3.11. The summed E-state index contributed by atoms with van der Waals surface area (Å²) in [6.45, 7) is 6.44. The third-order valence-corrected chi connectivity index (χ3v) is 4.10. The van der Waals surface area contributed by atoms with Crippen molar-refractivity contribution < 1.29 is 4.43 Å². The molecule has 0 spiro atoms. The van der Waals surface area contributed by atoms with Crippen LogP contribution in [-0.4, -0.2) is 13.9 Å². The summed E-state index contributed by atoms with van der Waals surface area (Å²) < 4.78 is 6.15. The van der Waals surface area contributed by atoms with Crippen LogP contribution in [0.25, 0.3) is 0 Å². The lowest BCUT2D eigenvalue weighted by molar-refractivity contribution is 0.104. The first-order valence-electron chi connectivity index (χ1n) is 6.12. The number of aryl methyl sites for hydroxylation is 1. The van der Waals surface area contributed by atoms with E-state index in [4.69, 9.17) is 4.43 Å². The molecule has 0 fully saturated rings. The molecule has 0 radical (unpaired) electrons. The lowest BCUT2D eigenvalue weighted by Crippen LogP contribution is -2.45. The van der Waals surface area contributed by atoms with Gasteiger partial charge in [0.1, 0.15) is 5.60 Å². The van der Waals surface area contributed by atoms with Crippen LogP contribution in [0.3, 0.4) is 0 Å². The Balaban J connectivity index is 2.27. The van der Waals surface area contributed by atoms with Crippen LogP contribution in [0.2, 0.25) is 19.6 Å². The fraction of sp³-hybridized carbons (Fsp3) is 0.500. The van der Waals surface area contributed by atoms with E-state index >= 15 is 0 Å². The summed E-state index contributed by atoms with van der Waals surface area (Å²) in [6.07, 6.45) is 2.52. The standard InChI is InChI=1S/C14H19NOSi/c1-17(2,3)16-14(11-15)9-8-12-6-4-5-7-13(12)10-14/h4-7H,8-10H2,1-3H3/t14-/m1/s1. The molecule has 90 valence electrons. The van der Waals surface area contributed by atoms with Crippen molar-refractivity contribution in [3.8, 4) is 6.07 Å². The van der Waals surface area contributed by atoms with Crippen molar-refractivity contribution >= 4 is 8.32 Å². The molecule has 1 aliphatic carbocycles. The molecule has 0 saturated carbocycles. The van der Waals surface area contributed by atoms with Gasteiger partial charge in [-0.1, -0.05) is 24.3 Å². The van der Waals surface area contributed by atoms with Gasteiger partial charge in [0.25, 0.3) is 0 Å². The Morgan fingerprint density at radius 2 is 1.88 bits per heavy atom. The number of nitriles is 1. The predicted molar refractivity (Wildman–Crippen MR) is 71.2 cm³/mol. The third kappa shape index (κ3) is 2.77. The highest BCUT2D eigenvalue weighted by atomic mass is 28.4. The van der Waals surface area contributed by atoms with Gasteiger partial charge >= 0.3 is 0 Å². The van der Waals surface area contributed by atoms with Crippen molar-refractivity contribution in [1.29, 1.82) is 5.26 Å². The van der Waals surface area contributed by atoms with E-state index in [9.17, 15) is 5.26 Å². The van der Waals surface area contributed by atoms with Gasteiger partial charge in [0, 0.05) is 6.42 Å². The Morgan fingerprint density at radius 3 is 2.47 bits per heavy atom. The SMILES string of the molecule is C[Si](C)(C)O[C@]1(C#N)CCc2ccccc2C1. The van der Waals surface area contributed by atoms with Crippen molar-refractivity contribution in [2.24, 2.45) is 0 Å². The molecule has 0 aromatic heterocycles. The summed E-state index contributed by atoms with van der Waals surface area (Å²) in [5, 5.41) is 9.48. The highest BCUT2D eigenvalue weighted by molar-refractivity contribution is 6.69. The quantitative estimate of drug-likeness (QED) is 0.749. The minimum atomic E-state index is -1.68. The molecular formula is C14H19NOSi. The summed E-state index contributed by atoms with van der Waals surface area (Å²) in [7, 11) is -1.68. The van der Waals surface area contributed by atoms with Crippen LogP contribution < -0.4 is 0 Å². The number of fused-ring (bicyclic) bond motifs is 1. The predicted octanol–water partition coefficient (Wildman–Crippen LogP) is 3.29. The van der Waals surface area contributed by atoms with Gasteiger partial charge in [-0.3, -0.25) is 0 Å². The van der Waals surface area contributed by atoms with Crippen LogP contribution in [0.1, 0.15) is 17.5 Å². The number of benzene rings is 1. The smallest absolute Gasteiger partial charge is 0.185 e. The van der Waals surface area contributed by atoms with Crippen LogP contribution in [0.15, 0.2) is 24.3 Å². The zero-order valence-corrected chi connectivity index (χ0v) is 11.8. The molecule has 0 amide bonds. The molecule has 0 unspecified atom stereocenters. The largest absolute Gasteiger partial charge is 0.400 e. The highest BCUT2D eigenvalue weighted by Gasteiger charge is 2.39. The lowest BCUT2D eigenvalue weighted by atomic mass is 9.81. The molecule has 1 atom stereocenters. The van der Waals surface area contributed by atoms with E-state index in [2.05, 4.69) is 43.9 Å². The molecule has 0 saturated heterocycles. The van der Waals surface area contributed by atoms with Crippen LogP contribution in [0.5, 0.6) is 0 Å². The molecule has 2 rings (SSSR count). The molecule has 1 aliphatic rings. The van der Waals surface area contributed by atoms with E-state index in [1.807, 2.05) is 6.07 Å². The Labute approximate surface area is 104 Å². The molecule has 0 N–H and O–H groups in total. The summed E-state index contributed by atoms with van der Waals surface area (Å²) >= 11 is 0. The van der Waals surface area contributed by atoms with E-state index in [1.54, 1.807) is 0 Å². The Hall–Kier alpha value is -1.11. The fourth-order valence-electron chi connectivity index (χ4n) is 2.50. The second-order valence-electron chi connectivity index (χ2n) is 5.77. The maximum absolute atomic E-state index is 9.48. The summed E-state index contributed by atoms with van der Waals surface area (Å²) in [5.41, 5.74) is 2.06. The minimum absolute atomic E-state index is 0.584. The zero-order chi connectivity index (χ0) is 12.5. The van der Waals surface area contributed by atoms with E-state index in [0.717, 1.165) is 19.3 Å². The second-order valence-corrected chi connectivity index (χ2v) is 10.2. The molecule has 2 nitrogen and oxygen atoms in total. The summed E-state index contributed by atoms with van der Waals surface area (Å²) in [5.74, 6) is 0. The molecule has 0 heterocycles. The van der Waals surface area contributed by atoms with Crippen LogP contribution in [0.4, 0.5) is 0 Å². The third-order valence-electron chi connectivity index (χ3n) is 3.10. The maximum Gasteiger partial charge on any atom is 0.185 e. The first-order valence-corrected chi connectivity index (χ1v) is 9.53. The maximum atomic E-state index is 9.48. The molecule has 1 aromatic carbocycles. The Morgan fingerprint density at radius 1 is 1.24 bits per heavy atom. The minimum Gasteiger partial charge on any atom is -0.400 e. The van der Waals surface area contributed by atoms with Crippen molar-refractivity contribution in [3.63, 3.8) is 0 Å². The second kappa shape index (κ2) is 4.28. The van der Waals surface area contributed by atoms with Crippen molar-refractivity contribution in [2.75, 3.05) is 0 Å². The highest BCUT2D eigenvalue weighted by Crippen LogP contribution is 2.33. The molecule has 0 aliphatic heterocycles. The first-order chi connectivity index (χ1) is 7.94. The van der Waals surface area contributed by atoms with Gasteiger partial charge in [-0.25, -0.2) is 0 Å². The van der Waals surface area contributed by atoms with Gasteiger partial charge in [0.05, 0.1) is 6.07 Å². The van der Waals surface area contributed by atoms with Gasteiger partial charge in [-0.2, -0.15) is 5.26 Å². The average Bonchev–Trinajstić information content (AvgIpc) is 2.27. The van der Waals surface area contributed by atoms with Gasteiger partial charge in [0.15, 0.2) is 8.32 Å². The normalized spacial score (nSPS) is 23.9. The number of nitrogens with zero attached hydrogens (tertiary/aromatic N) is 1. The number of hydrogen-bond donors (Lipinski definition) is 0. The van der Waals surface area contributed by atoms with E-state index in [-0.39, 0.29) is 0 Å². The van der Waals surface area contributed by atoms with E-state index in [0.29, 0.717) is 0 Å². The van der Waals surface area contributed by atoms with Crippen molar-refractivity contribution in [3.05, 3.63) is 35.4 Å². The van der Waals surface area contributed by atoms with Gasteiger partial charge in [-0.05, 0) is 43.6 Å². The monoisotopic (exact) mass is 245 g/mol. The lowest BCUT2D eigenvalue weighted by Gasteiger charge is -2.37. The van der Waals surface area contributed by atoms with Crippen LogP contribution in [-0.2, 0) is 17.3 Å². The molecule has 17 heavy (non-hydrogen) atoms. The first kappa shape index (κ1) is 12.3. The van der Waals surface area contributed by atoms with Crippen LogP contribution >= 0.6 is 0 Å². The van der Waals surface area contributed by atoms with E-state index < -0.39 is 13.9 Å². The molecule has 1 aromatic rings. The van der Waals surface area contributed by atoms with E-state index in [1.165, 1.54) is 11.1 Å². The zero-order valence-electron chi connectivity index (χ0n) is 10.8. The van der Waals surface area contributed by atoms with Crippen molar-refractivity contribution in [1.82, 2.24) is 0 Å². The molecule has 0 bridgehead atoms. The summed E-state index contributed by atoms with van der Waals surface area (Å²) in [6, 6.07) is 10.8. The van der Waals surface area contributed by atoms with Gasteiger partial charge in [-0.15, -0.1) is 0 Å². The fourth-order valence-corrected chi connectivity index (χ4v) is 3.89. The summed E-state index contributed by atoms with van der Waals surface area (Å²) in [4.78, 5) is 0. The molecular weight excluding hydrogens is 226 g/mol. The van der Waals surface area contributed by atoms with Crippen molar-refractivity contribution in [2.45, 2.75) is 44.5 Å². The van der Waals surface area contributed by atoms with Crippen LogP contribution in [0, 0.1) is 11.3 Å².